The zero-order valence-electron chi connectivity index (χ0n) is 9.46. The third-order valence-electron chi connectivity index (χ3n) is 2.70. The second-order valence-electron chi connectivity index (χ2n) is 3.83. The highest BCUT2D eigenvalue weighted by Gasteiger charge is 2.12. The molecule has 0 amide bonds. The molecule has 0 saturated carbocycles. The van der Waals surface area contributed by atoms with Gasteiger partial charge in [0.05, 0.1) is 16.3 Å². The van der Waals surface area contributed by atoms with Gasteiger partial charge >= 0.3 is 0 Å². The van der Waals surface area contributed by atoms with Crippen LogP contribution in [-0.2, 0) is 0 Å². The van der Waals surface area contributed by atoms with E-state index in [1.165, 1.54) is 0 Å². The summed E-state index contributed by atoms with van der Waals surface area (Å²) in [4.78, 5) is 0. The van der Waals surface area contributed by atoms with Gasteiger partial charge in [0, 0.05) is 15.9 Å². The summed E-state index contributed by atoms with van der Waals surface area (Å²) in [5, 5.41) is 9.67. The average Bonchev–Trinajstić information content (AvgIpc) is 2.55. The van der Waals surface area contributed by atoms with E-state index in [4.69, 9.17) is 16.9 Å². The van der Waals surface area contributed by atoms with Crippen molar-refractivity contribution in [2.75, 3.05) is 0 Å². The minimum atomic E-state index is 0.658. The molecular formula is C13H10BrClN2. The summed E-state index contributed by atoms with van der Waals surface area (Å²) in [6.45, 7) is 3.89. The Kier molecular flexibility index (Phi) is 3.28. The molecule has 0 spiro atoms. The smallest absolute Gasteiger partial charge is 0.101 e. The zero-order valence-corrected chi connectivity index (χ0v) is 11.8. The molecule has 0 bridgehead atoms. The van der Waals surface area contributed by atoms with Crippen molar-refractivity contribution in [3.63, 3.8) is 0 Å². The van der Waals surface area contributed by atoms with Crippen molar-refractivity contribution in [2.24, 2.45) is 0 Å². The lowest BCUT2D eigenvalue weighted by Gasteiger charge is -2.11. The monoisotopic (exact) mass is 308 g/mol. The van der Waals surface area contributed by atoms with E-state index in [2.05, 4.69) is 22.0 Å². The van der Waals surface area contributed by atoms with Gasteiger partial charge in [-0.3, -0.25) is 0 Å². The highest BCUT2D eigenvalue weighted by molar-refractivity contribution is 9.10. The van der Waals surface area contributed by atoms with Crippen LogP contribution in [0.4, 0.5) is 0 Å². The molecule has 0 atom stereocenters. The van der Waals surface area contributed by atoms with Crippen molar-refractivity contribution < 1.29 is 0 Å². The van der Waals surface area contributed by atoms with E-state index in [1.54, 1.807) is 0 Å². The van der Waals surface area contributed by atoms with Crippen molar-refractivity contribution >= 4 is 27.5 Å². The number of nitrogens with zero attached hydrogens (tertiary/aromatic N) is 2. The topological polar surface area (TPSA) is 28.7 Å². The van der Waals surface area contributed by atoms with Crippen LogP contribution >= 0.6 is 27.5 Å². The van der Waals surface area contributed by atoms with Crippen LogP contribution in [0.2, 0.25) is 5.02 Å². The van der Waals surface area contributed by atoms with Crippen molar-refractivity contribution in [1.29, 1.82) is 5.26 Å². The second kappa shape index (κ2) is 4.56. The van der Waals surface area contributed by atoms with Crippen LogP contribution in [0.5, 0.6) is 0 Å². The molecule has 86 valence electrons. The van der Waals surface area contributed by atoms with E-state index in [-0.39, 0.29) is 0 Å². The number of hydrogen-bond donors (Lipinski definition) is 0. The predicted octanol–water partition coefficient (Wildman–Crippen LogP) is 4.38. The Labute approximate surface area is 114 Å². The normalized spacial score (nSPS) is 10.3. The molecule has 0 fully saturated rings. The Morgan fingerprint density at radius 3 is 2.53 bits per heavy atom. The van der Waals surface area contributed by atoms with Gasteiger partial charge in [0.1, 0.15) is 6.07 Å². The Morgan fingerprint density at radius 1 is 1.29 bits per heavy atom. The van der Waals surface area contributed by atoms with Gasteiger partial charge in [-0.15, -0.1) is 0 Å². The van der Waals surface area contributed by atoms with E-state index in [1.807, 2.05) is 42.7 Å². The first kappa shape index (κ1) is 12.2. The maximum atomic E-state index is 9.01. The van der Waals surface area contributed by atoms with Crippen LogP contribution in [0, 0.1) is 25.2 Å². The number of nitriles is 1. The first-order valence-electron chi connectivity index (χ1n) is 5.09. The predicted molar refractivity (Wildman–Crippen MR) is 72.7 cm³/mol. The molecule has 0 saturated heterocycles. The van der Waals surface area contributed by atoms with Crippen LogP contribution in [0.3, 0.4) is 0 Å². The quantitative estimate of drug-likeness (QED) is 0.768. The Morgan fingerprint density at radius 2 is 2.00 bits per heavy atom. The van der Waals surface area contributed by atoms with Gasteiger partial charge in [-0.05, 0) is 38.1 Å². The van der Waals surface area contributed by atoms with Gasteiger partial charge in [-0.2, -0.15) is 5.26 Å². The molecule has 0 aliphatic rings. The summed E-state index contributed by atoms with van der Waals surface area (Å²) in [5.41, 5.74) is 3.49. The molecular weight excluding hydrogens is 300 g/mol. The van der Waals surface area contributed by atoms with Gasteiger partial charge < -0.3 is 4.57 Å². The minimum Gasteiger partial charge on any atom is -0.316 e. The molecule has 1 aromatic carbocycles. The second-order valence-corrected chi connectivity index (χ2v) is 5.15. The molecule has 1 aromatic heterocycles. The summed E-state index contributed by atoms with van der Waals surface area (Å²) in [6, 6.07) is 9.78. The zero-order chi connectivity index (χ0) is 12.6. The average molecular weight is 310 g/mol. The van der Waals surface area contributed by atoms with E-state index in [9.17, 15) is 0 Å². The highest BCUT2D eigenvalue weighted by Crippen LogP contribution is 2.28. The summed E-state index contributed by atoms with van der Waals surface area (Å²) in [6.07, 6.45) is 0. The van der Waals surface area contributed by atoms with Crippen molar-refractivity contribution in [1.82, 2.24) is 4.57 Å². The molecule has 2 rings (SSSR count). The summed E-state index contributed by atoms with van der Waals surface area (Å²) in [7, 11) is 0. The molecule has 0 radical (unpaired) electrons. The molecule has 4 heteroatoms. The van der Waals surface area contributed by atoms with Crippen molar-refractivity contribution in [3.8, 4) is 11.8 Å². The lowest BCUT2D eigenvalue weighted by atomic mass is 10.2. The molecule has 0 unspecified atom stereocenters. The fourth-order valence-corrected chi connectivity index (χ4v) is 2.67. The molecule has 2 nitrogen and oxygen atoms in total. The van der Waals surface area contributed by atoms with Crippen molar-refractivity contribution in [2.45, 2.75) is 13.8 Å². The van der Waals surface area contributed by atoms with E-state index >= 15 is 0 Å². The first-order valence-corrected chi connectivity index (χ1v) is 6.26. The SMILES string of the molecule is Cc1cc(C#N)c(C)n1-c1ccc(Br)cc1Cl. The van der Waals surface area contributed by atoms with Crippen molar-refractivity contribution in [3.05, 3.63) is 50.7 Å². The van der Waals surface area contributed by atoms with Gasteiger partial charge in [-0.25, -0.2) is 0 Å². The standard InChI is InChI=1S/C13H10BrClN2/c1-8-5-10(7-16)9(2)17(8)13-4-3-11(14)6-12(13)15/h3-6H,1-2H3. The summed E-state index contributed by atoms with van der Waals surface area (Å²) >= 11 is 9.61. The molecule has 0 aliphatic heterocycles. The van der Waals surface area contributed by atoms with Crippen LogP contribution < -0.4 is 0 Å². The number of aryl methyl sites for hydroxylation is 1. The summed E-state index contributed by atoms with van der Waals surface area (Å²) < 4.78 is 2.93. The van der Waals surface area contributed by atoms with Crippen LogP contribution in [0.1, 0.15) is 17.0 Å². The Hall–Kier alpha value is -1.24. The van der Waals surface area contributed by atoms with E-state index < -0.39 is 0 Å². The van der Waals surface area contributed by atoms with Crippen LogP contribution in [0.25, 0.3) is 5.69 Å². The molecule has 0 N–H and O–H groups in total. The van der Waals surface area contributed by atoms with Gasteiger partial charge in [0.2, 0.25) is 0 Å². The lowest BCUT2D eigenvalue weighted by molar-refractivity contribution is 0.963. The van der Waals surface area contributed by atoms with Gasteiger partial charge in [-0.1, -0.05) is 27.5 Å². The maximum Gasteiger partial charge on any atom is 0.101 e. The maximum absolute atomic E-state index is 9.01. The van der Waals surface area contributed by atoms with Crippen LogP contribution in [-0.4, -0.2) is 4.57 Å². The fraction of sp³-hybridized carbons (Fsp3) is 0.154. The van der Waals surface area contributed by atoms with Crippen LogP contribution in [0.15, 0.2) is 28.7 Å². The third kappa shape index (κ3) is 2.11. The third-order valence-corrected chi connectivity index (χ3v) is 3.50. The number of hydrogen-bond acceptors (Lipinski definition) is 1. The largest absolute Gasteiger partial charge is 0.316 e. The minimum absolute atomic E-state index is 0.658. The molecule has 17 heavy (non-hydrogen) atoms. The molecule has 2 aromatic rings. The molecule has 0 aliphatic carbocycles. The van der Waals surface area contributed by atoms with E-state index in [0.29, 0.717) is 10.6 Å². The molecule has 1 heterocycles. The fourth-order valence-electron chi connectivity index (χ4n) is 1.91. The number of rotatable bonds is 1. The lowest BCUT2D eigenvalue weighted by Crippen LogP contribution is -2.00. The summed E-state index contributed by atoms with van der Waals surface area (Å²) in [5.74, 6) is 0. The van der Waals surface area contributed by atoms with E-state index in [0.717, 1.165) is 21.5 Å². The first-order chi connectivity index (χ1) is 8.04. The number of halogens is 2. The number of aromatic nitrogens is 1. The number of benzene rings is 1. The van der Waals surface area contributed by atoms with Gasteiger partial charge in [0.25, 0.3) is 0 Å². The highest BCUT2D eigenvalue weighted by atomic mass is 79.9. The Bertz CT molecular complexity index is 623. The Balaban J connectivity index is 2.69. The van der Waals surface area contributed by atoms with Gasteiger partial charge in [0.15, 0.2) is 0 Å².